The first-order valence-corrected chi connectivity index (χ1v) is 6.75. The number of rotatable bonds is 2. The third-order valence-corrected chi connectivity index (χ3v) is 3.36. The minimum Gasteiger partial charge on any atom is -0.318 e. The third kappa shape index (κ3) is 2.68. The average molecular weight is 322 g/mol. The first-order valence-electron chi connectivity index (χ1n) is 5.99. The molecule has 0 spiro atoms. The minimum atomic E-state index is -0.468. The van der Waals surface area contributed by atoms with Crippen LogP contribution in [0.25, 0.3) is 5.78 Å². The Bertz CT molecular complexity index is 846. The molecule has 21 heavy (non-hydrogen) atoms. The lowest BCUT2D eigenvalue weighted by Gasteiger charge is -2.04. The minimum absolute atomic E-state index is 0.0165. The zero-order valence-electron chi connectivity index (χ0n) is 10.8. The highest BCUT2D eigenvalue weighted by atomic mass is 35.5. The second-order valence-electron chi connectivity index (χ2n) is 4.31. The predicted octanol–water partition coefficient (Wildman–Crippen LogP) is 2.99. The molecule has 0 bridgehead atoms. The summed E-state index contributed by atoms with van der Waals surface area (Å²) in [5.41, 5.74) is 1.27. The topological polar surface area (TPSA) is 72.2 Å². The zero-order chi connectivity index (χ0) is 15.0. The Kier molecular flexibility index (Phi) is 3.48. The maximum absolute atomic E-state index is 12.2. The summed E-state index contributed by atoms with van der Waals surface area (Å²) in [6.45, 7) is 1.85. The lowest BCUT2D eigenvalue weighted by atomic mass is 10.3. The Balaban J connectivity index is 1.92. The smallest absolute Gasteiger partial charge is 0.295 e. The molecule has 3 rings (SSSR count). The Hall–Kier alpha value is -2.18. The van der Waals surface area contributed by atoms with Crippen molar-refractivity contribution in [2.75, 3.05) is 5.32 Å². The molecule has 0 saturated carbocycles. The number of hydrogen-bond acceptors (Lipinski definition) is 4. The van der Waals surface area contributed by atoms with Gasteiger partial charge in [-0.2, -0.15) is 4.98 Å². The fourth-order valence-corrected chi connectivity index (χ4v) is 2.23. The SMILES string of the molecule is Cc1ccnc2nc(C(=O)Nc3ccc(Cl)cc3Cl)nn12. The molecule has 0 aliphatic heterocycles. The van der Waals surface area contributed by atoms with Crippen molar-refractivity contribution in [3.8, 4) is 0 Å². The van der Waals surface area contributed by atoms with Crippen LogP contribution in [0.15, 0.2) is 30.5 Å². The van der Waals surface area contributed by atoms with Crippen molar-refractivity contribution >= 4 is 40.6 Å². The monoisotopic (exact) mass is 321 g/mol. The normalized spacial score (nSPS) is 10.8. The summed E-state index contributed by atoms with van der Waals surface area (Å²) >= 11 is 11.8. The van der Waals surface area contributed by atoms with E-state index in [-0.39, 0.29) is 5.82 Å². The van der Waals surface area contributed by atoms with Crippen molar-refractivity contribution in [2.24, 2.45) is 0 Å². The highest BCUT2D eigenvalue weighted by Gasteiger charge is 2.15. The number of benzene rings is 1. The van der Waals surface area contributed by atoms with Crippen LogP contribution >= 0.6 is 23.2 Å². The van der Waals surface area contributed by atoms with Gasteiger partial charge in [0, 0.05) is 16.9 Å². The molecule has 0 aliphatic rings. The third-order valence-electron chi connectivity index (χ3n) is 2.81. The summed E-state index contributed by atoms with van der Waals surface area (Å²) in [5, 5.41) is 7.59. The summed E-state index contributed by atoms with van der Waals surface area (Å²) < 4.78 is 1.50. The van der Waals surface area contributed by atoms with E-state index in [4.69, 9.17) is 23.2 Å². The second-order valence-corrected chi connectivity index (χ2v) is 5.16. The molecular formula is C13H9Cl2N5O. The second kappa shape index (κ2) is 5.31. The van der Waals surface area contributed by atoms with E-state index < -0.39 is 5.91 Å². The van der Waals surface area contributed by atoms with Gasteiger partial charge in [-0.05, 0) is 31.2 Å². The molecule has 2 heterocycles. The summed E-state index contributed by atoms with van der Waals surface area (Å²) in [6, 6.07) is 6.56. The van der Waals surface area contributed by atoms with Crippen LogP contribution in [-0.2, 0) is 0 Å². The maximum Gasteiger partial charge on any atom is 0.295 e. The molecule has 6 nitrogen and oxygen atoms in total. The molecule has 1 amide bonds. The Morgan fingerprint density at radius 2 is 2.10 bits per heavy atom. The molecule has 0 unspecified atom stereocenters. The van der Waals surface area contributed by atoms with Crippen molar-refractivity contribution in [3.05, 3.63) is 52.0 Å². The van der Waals surface area contributed by atoms with Crippen LogP contribution in [0, 0.1) is 6.92 Å². The lowest BCUT2D eigenvalue weighted by Crippen LogP contribution is -2.14. The van der Waals surface area contributed by atoms with E-state index in [2.05, 4.69) is 20.4 Å². The zero-order valence-corrected chi connectivity index (χ0v) is 12.4. The molecule has 1 aromatic carbocycles. The number of aryl methyl sites for hydroxylation is 1. The fourth-order valence-electron chi connectivity index (χ4n) is 1.77. The van der Waals surface area contributed by atoms with Gasteiger partial charge in [-0.25, -0.2) is 9.50 Å². The molecule has 106 valence electrons. The number of aromatic nitrogens is 4. The van der Waals surface area contributed by atoms with Gasteiger partial charge in [0.15, 0.2) is 0 Å². The Labute approximate surface area is 129 Å². The molecule has 1 N–H and O–H groups in total. The number of halogens is 2. The first kappa shape index (κ1) is 13.8. The summed E-state index contributed by atoms with van der Waals surface area (Å²) in [4.78, 5) is 20.3. The van der Waals surface area contributed by atoms with Crippen LogP contribution < -0.4 is 5.32 Å². The predicted molar refractivity (Wildman–Crippen MR) is 79.9 cm³/mol. The molecule has 2 aromatic heterocycles. The average Bonchev–Trinajstić information content (AvgIpc) is 2.87. The Morgan fingerprint density at radius 3 is 2.81 bits per heavy atom. The van der Waals surface area contributed by atoms with Crippen LogP contribution in [-0.4, -0.2) is 25.5 Å². The number of carbonyl (C=O) groups excluding carboxylic acids is 1. The highest BCUT2D eigenvalue weighted by molar-refractivity contribution is 6.36. The number of hydrogen-bond donors (Lipinski definition) is 1. The van der Waals surface area contributed by atoms with Gasteiger partial charge in [0.25, 0.3) is 11.7 Å². The Morgan fingerprint density at radius 1 is 1.29 bits per heavy atom. The van der Waals surface area contributed by atoms with Gasteiger partial charge < -0.3 is 5.32 Å². The number of nitrogens with zero attached hydrogens (tertiary/aromatic N) is 4. The van der Waals surface area contributed by atoms with Gasteiger partial charge in [0.2, 0.25) is 5.82 Å². The van der Waals surface area contributed by atoms with Gasteiger partial charge in [-0.15, -0.1) is 5.10 Å². The van der Waals surface area contributed by atoms with Gasteiger partial charge in [0.05, 0.1) is 10.7 Å². The van der Waals surface area contributed by atoms with Crippen molar-refractivity contribution < 1.29 is 4.79 Å². The lowest BCUT2D eigenvalue weighted by molar-refractivity contribution is 0.101. The van der Waals surface area contributed by atoms with E-state index in [9.17, 15) is 4.79 Å². The summed E-state index contributed by atoms with van der Waals surface area (Å²) in [5.74, 6) is -0.0886. The number of anilines is 1. The van der Waals surface area contributed by atoms with E-state index in [0.29, 0.717) is 21.5 Å². The quantitative estimate of drug-likeness (QED) is 0.787. The summed E-state index contributed by atoms with van der Waals surface area (Å²) in [7, 11) is 0. The fraction of sp³-hybridized carbons (Fsp3) is 0.0769. The van der Waals surface area contributed by atoms with E-state index >= 15 is 0 Å². The number of amides is 1. The van der Waals surface area contributed by atoms with E-state index in [1.807, 2.05) is 6.92 Å². The summed E-state index contributed by atoms with van der Waals surface area (Å²) in [6.07, 6.45) is 1.61. The van der Waals surface area contributed by atoms with Crippen molar-refractivity contribution in [2.45, 2.75) is 6.92 Å². The van der Waals surface area contributed by atoms with Crippen molar-refractivity contribution in [1.82, 2.24) is 19.6 Å². The van der Waals surface area contributed by atoms with Gasteiger partial charge in [0.1, 0.15) is 0 Å². The van der Waals surface area contributed by atoms with E-state index in [0.717, 1.165) is 5.69 Å². The number of nitrogens with one attached hydrogen (secondary N) is 1. The largest absolute Gasteiger partial charge is 0.318 e. The van der Waals surface area contributed by atoms with Gasteiger partial charge >= 0.3 is 0 Å². The van der Waals surface area contributed by atoms with Crippen LogP contribution in [0.5, 0.6) is 0 Å². The number of carbonyl (C=O) groups is 1. The molecule has 0 saturated heterocycles. The molecule has 0 radical (unpaired) electrons. The van der Waals surface area contributed by atoms with Gasteiger partial charge in [-0.3, -0.25) is 4.79 Å². The molecule has 0 atom stereocenters. The van der Waals surface area contributed by atoms with Gasteiger partial charge in [-0.1, -0.05) is 23.2 Å². The number of fused-ring (bicyclic) bond motifs is 1. The first-order chi connectivity index (χ1) is 10.0. The van der Waals surface area contributed by atoms with Crippen LogP contribution in [0.3, 0.4) is 0 Å². The van der Waals surface area contributed by atoms with Crippen molar-refractivity contribution in [1.29, 1.82) is 0 Å². The van der Waals surface area contributed by atoms with E-state index in [1.165, 1.54) is 4.52 Å². The molecule has 3 aromatic rings. The molecule has 0 fully saturated rings. The van der Waals surface area contributed by atoms with Crippen LogP contribution in [0.4, 0.5) is 5.69 Å². The molecule has 0 aliphatic carbocycles. The van der Waals surface area contributed by atoms with Crippen molar-refractivity contribution in [3.63, 3.8) is 0 Å². The maximum atomic E-state index is 12.2. The van der Waals surface area contributed by atoms with Crippen LogP contribution in [0.1, 0.15) is 16.3 Å². The van der Waals surface area contributed by atoms with E-state index in [1.54, 1.807) is 30.5 Å². The standard InChI is InChI=1S/C13H9Cl2N5O/c1-7-4-5-16-13-18-11(19-20(7)13)12(21)17-10-3-2-8(14)6-9(10)15/h2-6H,1H3,(H,17,21). The molecule has 8 heteroatoms. The van der Waals surface area contributed by atoms with Crippen LogP contribution in [0.2, 0.25) is 10.0 Å². The molecular weight excluding hydrogens is 313 g/mol. The highest BCUT2D eigenvalue weighted by Crippen LogP contribution is 2.25.